The lowest BCUT2D eigenvalue weighted by molar-refractivity contribution is 0.105. The number of hydrogen-bond acceptors (Lipinski definition) is 2. The average molecular weight is 230 g/mol. The van der Waals surface area contributed by atoms with Crippen LogP contribution in [0.4, 0.5) is 0 Å². The molecule has 0 aliphatic carbocycles. The third-order valence-corrected chi connectivity index (χ3v) is 3.20. The Morgan fingerprint density at radius 2 is 1.25 bits per heavy atom. The van der Waals surface area contributed by atoms with Crippen molar-refractivity contribution in [3.63, 3.8) is 0 Å². The molecule has 2 heteroatoms. The van der Waals surface area contributed by atoms with Crippen LogP contribution in [0.1, 0.15) is 78.1 Å². The molecule has 0 unspecified atom stereocenters. The molecule has 0 spiro atoms. The highest BCUT2D eigenvalue weighted by atomic mass is 16.3. The maximum atomic E-state index is 9.69. The number of unbranched alkanes of at least 4 members (excludes halogenated alkanes) is 5. The minimum atomic E-state index is -0.223. The molecule has 0 heterocycles. The molecular formula is C14H30O2. The Morgan fingerprint density at radius 1 is 0.688 bits per heavy atom. The lowest BCUT2D eigenvalue weighted by Gasteiger charge is -2.12. The Kier molecular flexibility index (Phi) is 11.3. The third-order valence-electron chi connectivity index (χ3n) is 3.20. The van der Waals surface area contributed by atoms with Gasteiger partial charge < -0.3 is 10.2 Å². The summed E-state index contributed by atoms with van der Waals surface area (Å²) in [5, 5.41) is 19.0. The molecule has 2 N–H and O–H groups in total. The van der Waals surface area contributed by atoms with Gasteiger partial charge in [0.2, 0.25) is 0 Å². The van der Waals surface area contributed by atoms with E-state index < -0.39 is 0 Å². The van der Waals surface area contributed by atoms with Crippen molar-refractivity contribution in [1.29, 1.82) is 0 Å². The SMILES string of the molecule is CCCCCCCC[C@H](O)CC[C@H](O)CC. The first kappa shape index (κ1) is 15.9. The van der Waals surface area contributed by atoms with Crippen LogP contribution >= 0.6 is 0 Å². The maximum absolute atomic E-state index is 9.69. The summed E-state index contributed by atoms with van der Waals surface area (Å²) in [7, 11) is 0. The predicted molar refractivity (Wildman–Crippen MR) is 69.5 cm³/mol. The van der Waals surface area contributed by atoms with Gasteiger partial charge in [-0.05, 0) is 25.7 Å². The molecule has 16 heavy (non-hydrogen) atoms. The van der Waals surface area contributed by atoms with Crippen LogP contribution in [-0.2, 0) is 0 Å². The lowest BCUT2D eigenvalue weighted by Crippen LogP contribution is -2.12. The Morgan fingerprint density at radius 3 is 1.88 bits per heavy atom. The van der Waals surface area contributed by atoms with Gasteiger partial charge in [0.15, 0.2) is 0 Å². The van der Waals surface area contributed by atoms with Crippen LogP contribution < -0.4 is 0 Å². The summed E-state index contributed by atoms with van der Waals surface area (Å²) < 4.78 is 0. The van der Waals surface area contributed by atoms with E-state index in [1.54, 1.807) is 0 Å². The first-order chi connectivity index (χ1) is 7.70. The van der Waals surface area contributed by atoms with Gasteiger partial charge in [-0.3, -0.25) is 0 Å². The molecule has 0 aliphatic rings. The Bertz CT molecular complexity index is 137. The molecule has 0 saturated carbocycles. The van der Waals surface area contributed by atoms with Crippen molar-refractivity contribution in [3.8, 4) is 0 Å². The predicted octanol–water partition coefficient (Wildman–Crippen LogP) is 3.65. The minimum absolute atomic E-state index is 0.202. The van der Waals surface area contributed by atoms with Crippen LogP contribution in [0.5, 0.6) is 0 Å². The highest BCUT2D eigenvalue weighted by Crippen LogP contribution is 2.12. The summed E-state index contributed by atoms with van der Waals surface area (Å²) in [4.78, 5) is 0. The zero-order chi connectivity index (χ0) is 12.2. The molecule has 0 radical (unpaired) electrons. The van der Waals surface area contributed by atoms with E-state index in [0.29, 0.717) is 0 Å². The lowest BCUT2D eigenvalue weighted by atomic mass is 10.0. The van der Waals surface area contributed by atoms with Crippen molar-refractivity contribution in [2.24, 2.45) is 0 Å². The van der Waals surface area contributed by atoms with E-state index in [4.69, 9.17) is 0 Å². The van der Waals surface area contributed by atoms with Gasteiger partial charge in [0.05, 0.1) is 12.2 Å². The Balaban J connectivity index is 3.20. The average Bonchev–Trinajstić information content (AvgIpc) is 2.30. The van der Waals surface area contributed by atoms with Gasteiger partial charge in [0.25, 0.3) is 0 Å². The van der Waals surface area contributed by atoms with Crippen LogP contribution in [0.3, 0.4) is 0 Å². The van der Waals surface area contributed by atoms with E-state index in [9.17, 15) is 10.2 Å². The van der Waals surface area contributed by atoms with Crippen molar-refractivity contribution in [2.45, 2.75) is 90.3 Å². The molecular weight excluding hydrogens is 200 g/mol. The van der Waals surface area contributed by atoms with Crippen LogP contribution in [-0.4, -0.2) is 22.4 Å². The molecule has 0 aromatic carbocycles. The molecule has 0 bridgehead atoms. The molecule has 0 aromatic rings. The topological polar surface area (TPSA) is 40.5 Å². The van der Waals surface area contributed by atoms with Gasteiger partial charge in [0, 0.05) is 0 Å². The fourth-order valence-corrected chi connectivity index (χ4v) is 1.89. The molecule has 0 rings (SSSR count). The third kappa shape index (κ3) is 10.4. The van der Waals surface area contributed by atoms with Gasteiger partial charge in [-0.25, -0.2) is 0 Å². The summed E-state index contributed by atoms with van der Waals surface area (Å²) >= 11 is 0. The Hall–Kier alpha value is -0.0800. The summed E-state index contributed by atoms with van der Waals surface area (Å²) in [6.07, 6.45) is 10.4. The standard InChI is InChI=1S/C14H30O2/c1-3-5-6-7-8-9-10-14(16)12-11-13(15)4-2/h13-16H,3-12H2,1-2H3/t13-,14+/m1/s1. The number of hydrogen-bond donors (Lipinski definition) is 2. The largest absolute Gasteiger partial charge is 0.393 e. The first-order valence-corrected chi connectivity index (χ1v) is 7.06. The van der Waals surface area contributed by atoms with E-state index in [1.807, 2.05) is 6.92 Å². The van der Waals surface area contributed by atoms with Crippen LogP contribution in [0.25, 0.3) is 0 Å². The van der Waals surface area contributed by atoms with E-state index in [2.05, 4.69) is 6.92 Å². The van der Waals surface area contributed by atoms with Gasteiger partial charge in [-0.1, -0.05) is 52.4 Å². The van der Waals surface area contributed by atoms with E-state index in [-0.39, 0.29) is 12.2 Å². The van der Waals surface area contributed by atoms with E-state index in [1.165, 1.54) is 32.1 Å². The zero-order valence-corrected chi connectivity index (χ0v) is 11.1. The number of aliphatic hydroxyl groups excluding tert-OH is 2. The second kappa shape index (κ2) is 11.4. The normalized spacial score (nSPS) is 15.0. The molecule has 0 aliphatic heterocycles. The first-order valence-electron chi connectivity index (χ1n) is 7.06. The second-order valence-corrected chi connectivity index (χ2v) is 4.85. The van der Waals surface area contributed by atoms with Crippen LogP contribution in [0.15, 0.2) is 0 Å². The van der Waals surface area contributed by atoms with Crippen LogP contribution in [0, 0.1) is 0 Å². The van der Waals surface area contributed by atoms with E-state index in [0.717, 1.165) is 32.1 Å². The Labute approximate surface area is 101 Å². The second-order valence-electron chi connectivity index (χ2n) is 4.85. The molecule has 2 nitrogen and oxygen atoms in total. The quantitative estimate of drug-likeness (QED) is 0.532. The van der Waals surface area contributed by atoms with E-state index >= 15 is 0 Å². The number of aliphatic hydroxyl groups is 2. The van der Waals surface area contributed by atoms with Crippen LogP contribution in [0.2, 0.25) is 0 Å². The zero-order valence-electron chi connectivity index (χ0n) is 11.1. The monoisotopic (exact) mass is 230 g/mol. The highest BCUT2D eigenvalue weighted by molar-refractivity contribution is 4.60. The molecule has 98 valence electrons. The van der Waals surface area contributed by atoms with Gasteiger partial charge >= 0.3 is 0 Å². The maximum Gasteiger partial charge on any atom is 0.0541 e. The summed E-state index contributed by atoms with van der Waals surface area (Å²) in [5.74, 6) is 0. The van der Waals surface area contributed by atoms with Gasteiger partial charge in [-0.15, -0.1) is 0 Å². The summed E-state index contributed by atoms with van der Waals surface area (Å²) in [5.41, 5.74) is 0. The fourth-order valence-electron chi connectivity index (χ4n) is 1.89. The van der Waals surface area contributed by atoms with Crippen molar-refractivity contribution in [2.75, 3.05) is 0 Å². The molecule has 0 amide bonds. The summed E-state index contributed by atoms with van der Waals surface area (Å²) in [6.45, 7) is 4.20. The molecule has 0 aromatic heterocycles. The highest BCUT2D eigenvalue weighted by Gasteiger charge is 2.07. The van der Waals surface area contributed by atoms with Gasteiger partial charge in [-0.2, -0.15) is 0 Å². The fraction of sp³-hybridized carbons (Fsp3) is 1.00. The molecule has 2 atom stereocenters. The number of rotatable bonds is 11. The molecule has 0 saturated heterocycles. The summed E-state index contributed by atoms with van der Waals surface area (Å²) in [6, 6.07) is 0. The van der Waals surface area contributed by atoms with Crippen molar-refractivity contribution in [1.82, 2.24) is 0 Å². The van der Waals surface area contributed by atoms with Gasteiger partial charge in [0.1, 0.15) is 0 Å². The van der Waals surface area contributed by atoms with Crippen molar-refractivity contribution >= 4 is 0 Å². The smallest absolute Gasteiger partial charge is 0.0541 e. The van der Waals surface area contributed by atoms with Crippen molar-refractivity contribution < 1.29 is 10.2 Å². The minimum Gasteiger partial charge on any atom is -0.393 e. The van der Waals surface area contributed by atoms with Crippen molar-refractivity contribution in [3.05, 3.63) is 0 Å². The molecule has 0 fully saturated rings.